The van der Waals surface area contributed by atoms with Gasteiger partial charge in [-0.3, -0.25) is 9.59 Å². The van der Waals surface area contributed by atoms with Gasteiger partial charge in [-0.1, -0.05) is 31.7 Å². The van der Waals surface area contributed by atoms with E-state index in [0.29, 0.717) is 11.4 Å². The van der Waals surface area contributed by atoms with Crippen LogP contribution >= 0.6 is 0 Å². The molecular formula is C18H26N2O3. The average Bonchev–Trinajstić information content (AvgIpc) is 2.81. The Kier molecular flexibility index (Phi) is 6.44. The molecule has 2 amide bonds. The first kappa shape index (κ1) is 17.3. The third-order valence-corrected chi connectivity index (χ3v) is 4.27. The normalized spacial score (nSPS) is 15.6. The zero-order chi connectivity index (χ0) is 16.7. The smallest absolute Gasteiger partial charge is 0.240 e. The number of anilines is 1. The third-order valence-electron chi connectivity index (χ3n) is 4.27. The number of amides is 2. The molecule has 126 valence electrons. The Morgan fingerprint density at radius 1 is 1.22 bits per heavy atom. The van der Waals surface area contributed by atoms with Gasteiger partial charge >= 0.3 is 0 Å². The molecule has 23 heavy (non-hydrogen) atoms. The Morgan fingerprint density at radius 3 is 2.52 bits per heavy atom. The van der Waals surface area contributed by atoms with E-state index >= 15 is 0 Å². The summed E-state index contributed by atoms with van der Waals surface area (Å²) < 4.78 is 5.19. The highest BCUT2D eigenvalue weighted by Crippen LogP contribution is 2.21. The molecule has 1 aliphatic carbocycles. The standard InChI is InChI=1S/C18H26N2O3/c1-14(21)20(16-10-7-11-17(12-16)23-2)13-18(22)19-15-8-5-3-4-6-9-15/h7,10-12,15H,3-6,8-9,13H2,1-2H3,(H,19,22). The van der Waals surface area contributed by atoms with Crippen molar-refractivity contribution in [2.24, 2.45) is 0 Å². The van der Waals surface area contributed by atoms with E-state index in [1.54, 1.807) is 13.2 Å². The van der Waals surface area contributed by atoms with Gasteiger partial charge in [-0.25, -0.2) is 0 Å². The largest absolute Gasteiger partial charge is 0.497 e. The van der Waals surface area contributed by atoms with Crippen LogP contribution in [0.5, 0.6) is 5.75 Å². The Labute approximate surface area is 138 Å². The summed E-state index contributed by atoms with van der Waals surface area (Å²) in [6.45, 7) is 1.51. The van der Waals surface area contributed by atoms with E-state index in [4.69, 9.17) is 4.74 Å². The number of rotatable bonds is 5. The fourth-order valence-corrected chi connectivity index (χ4v) is 3.00. The molecule has 0 radical (unpaired) electrons. The van der Waals surface area contributed by atoms with Gasteiger partial charge < -0.3 is 15.0 Å². The molecule has 0 atom stereocenters. The van der Waals surface area contributed by atoms with Crippen LogP contribution in [0.4, 0.5) is 5.69 Å². The molecule has 0 saturated heterocycles. The maximum absolute atomic E-state index is 12.3. The van der Waals surface area contributed by atoms with Crippen molar-refractivity contribution >= 4 is 17.5 Å². The predicted molar refractivity (Wildman–Crippen MR) is 90.7 cm³/mol. The van der Waals surface area contributed by atoms with Gasteiger partial charge in [0, 0.05) is 24.7 Å². The molecule has 0 aromatic heterocycles. The van der Waals surface area contributed by atoms with Crippen molar-refractivity contribution in [1.29, 1.82) is 0 Å². The molecule has 1 fully saturated rings. The van der Waals surface area contributed by atoms with E-state index in [2.05, 4.69) is 5.32 Å². The molecule has 0 unspecified atom stereocenters. The Balaban J connectivity index is 2.00. The molecule has 0 aliphatic heterocycles. The van der Waals surface area contributed by atoms with E-state index in [-0.39, 0.29) is 24.4 Å². The minimum absolute atomic E-state index is 0.0407. The summed E-state index contributed by atoms with van der Waals surface area (Å²) in [5, 5.41) is 3.08. The Hall–Kier alpha value is -2.04. The highest BCUT2D eigenvalue weighted by Gasteiger charge is 2.19. The van der Waals surface area contributed by atoms with Gasteiger partial charge in [0.2, 0.25) is 11.8 Å². The summed E-state index contributed by atoms with van der Waals surface area (Å²) >= 11 is 0. The van der Waals surface area contributed by atoms with Crippen molar-refractivity contribution in [3.63, 3.8) is 0 Å². The molecular weight excluding hydrogens is 292 g/mol. The number of carbonyl (C=O) groups is 2. The van der Waals surface area contributed by atoms with Crippen LogP contribution in [0.25, 0.3) is 0 Å². The molecule has 5 heteroatoms. The minimum atomic E-state index is -0.158. The Morgan fingerprint density at radius 2 is 1.91 bits per heavy atom. The lowest BCUT2D eigenvalue weighted by molar-refractivity contribution is -0.123. The molecule has 1 N–H and O–H groups in total. The van der Waals surface area contributed by atoms with Crippen molar-refractivity contribution in [3.8, 4) is 5.75 Å². The molecule has 0 heterocycles. The highest BCUT2D eigenvalue weighted by molar-refractivity contribution is 5.97. The molecule has 0 bridgehead atoms. The molecule has 1 saturated carbocycles. The van der Waals surface area contributed by atoms with E-state index in [9.17, 15) is 9.59 Å². The summed E-state index contributed by atoms with van der Waals surface area (Å²) in [6, 6.07) is 7.44. The lowest BCUT2D eigenvalue weighted by Crippen LogP contribution is -2.43. The van der Waals surface area contributed by atoms with Crippen molar-refractivity contribution in [3.05, 3.63) is 24.3 Å². The number of hydrogen-bond donors (Lipinski definition) is 1. The monoisotopic (exact) mass is 318 g/mol. The van der Waals surface area contributed by atoms with E-state index < -0.39 is 0 Å². The van der Waals surface area contributed by atoms with Crippen molar-refractivity contribution in [1.82, 2.24) is 5.32 Å². The van der Waals surface area contributed by atoms with Crippen molar-refractivity contribution in [2.45, 2.75) is 51.5 Å². The maximum atomic E-state index is 12.3. The lowest BCUT2D eigenvalue weighted by atomic mass is 10.1. The quantitative estimate of drug-likeness (QED) is 0.849. The zero-order valence-electron chi connectivity index (χ0n) is 14.0. The second kappa shape index (κ2) is 8.56. The van der Waals surface area contributed by atoms with Gasteiger partial charge in [-0.2, -0.15) is 0 Å². The highest BCUT2D eigenvalue weighted by atomic mass is 16.5. The van der Waals surface area contributed by atoms with E-state index in [1.807, 2.05) is 18.2 Å². The van der Waals surface area contributed by atoms with Gasteiger partial charge in [0.15, 0.2) is 0 Å². The fourth-order valence-electron chi connectivity index (χ4n) is 3.00. The Bertz CT molecular complexity index is 537. The van der Waals surface area contributed by atoms with Crippen LogP contribution in [-0.2, 0) is 9.59 Å². The van der Waals surface area contributed by atoms with E-state index in [0.717, 1.165) is 25.7 Å². The topological polar surface area (TPSA) is 58.6 Å². The summed E-state index contributed by atoms with van der Waals surface area (Å²) in [5.74, 6) is 0.405. The number of ether oxygens (including phenoxy) is 1. The number of benzene rings is 1. The molecule has 0 spiro atoms. The average molecular weight is 318 g/mol. The second-order valence-corrected chi connectivity index (χ2v) is 6.06. The molecule has 1 aromatic carbocycles. The number of nitrogens with zero attached hydrogens (tertiary/aromatic N) is 1. The molecule has 1 aromatic rings. The second-order valence-electron chi connectivity index (χ2n) is 6.06. The molecule has 5 nitrogen and oxygen atoms in total. The number of nitrogens with one attached hydrogen (secondary N) is 1. The summed E-state index contributed by atoms with van der Waals surface area (Å²) in [5.41, 5.74) is 0.674. The first-order chi connectivity index (χ1) is 11.1. The maximum Gasteiger partial charge on any atom is 0.240 e. The first-order valence-electron chi connectivity index (χ1n) is 8.31. The number of hydrogen-bond acceptors (Lipinski definition) is 3. The first-order valence-corrected chi connectivity index (χ1v) is 8.31. The van der Waals surface area contributed by atoms with Crippen LogP contribution < -0.4 is 15.0 Å². The SMILES string of the molecule is COc1cccc(N(CC(=O)NC2CCCCCC2)C(C)=O)c1. The summed E-state index contributed by atoms with van der Waals surface area (Å²) in [6.07, 6.45) is 6.88. The van der Waals surface area contributed by atoms with Crippen LogP contribution in [0.1, 0.15) is 45.4 Å². The van der Waals surface area contributed by atoms with Crippen LogP contribution in [-0.4, -0.2) is 31.5 Å². The van der Waals surface area contributed by atoms with Gasteiger partial charge in [0.05, 0.1) is 7.11 Å². The zero-order valence-corrected chi connectivity index (χ0v) is 14.0. The number of carbonyl (C=O) groups excluding carboxylic acids is 2. The van der Waals surface area contributed by atoms with Crippen LogP contribution in [0.2, 0.25) is 0 Å². The minimum Gasteiger partial charge on any atom is -0.497 e. The third kappa shape index (κ3) is 5.27. The molecule has 2 rings (SSSR count). The van der Waals surface area contributed by atoms with Crippen molar-refractivity contribution < 1.29 is 14.3 Å². The fraction of sp³-hybridized carbons (Fsp3) is 0.556. The predicted octanol–water partition coefficient (Wildman–Crippen LogP) is 2.89. The van der Waals surface area contributed by atoms with Gasteiger partial charge in [0.25, 0.3) is 0 Å². The van der Waals surface area contributed by atoms with Gasteiger partial charge in [0.1, 0.15) is 12.3 Å². The van der Waals surface area contributed by atoms with Crippen LogP contribution in [0.15, 0.2) is 24.3 Å². The van der Waals surface area contributed by atoms with Crippen LogP contribution in [0, 0.1) is 0 Å². The molecule has 1 aliphatic rings. The lowest BCUT2D eigenvalue weighted by Gasteiger charge is -2.23. The van der Waals surface area contributed by atoms with E-state index in [1.165, 1.54) is 24.7 Å². The summed E-state index contributed by atoms with van der Waals surface area (Å²) in [7, 11) is 1.58. The van der Waals surface area contributed by atoms with Gasteiger partial charge in [-0.15, -0.1) is 0 Å². The summed E-state index contributed by atoms with van der Waals surface area (Å²) in [4.78, 5) is 25.7. The van der Waals surface area contributed by atoms with Crippen molar-refractivity contribution in [2.75, 3.05) is 18.6 Å². The van der Waals surface area contributed by atoms with Crippen LogP contribution in [0.3, 0.4) is 0 Å². The van der Waals surface area contributed by atoms with Gasteiger partial charge in [-0.05, 0) is 25.0 Å². The number of methoxy groups -OCH3 is 1.